The second-order valence-corrected chi connectivity index (χ2v) is 9.32. The van der Waals surface area contributed by atoms with E-state index in [1.165, 1.54) is 10.5 Å². The summed E-state index contributed by atoms with van der Waals surface area (Å²) in [4.78, 5) is 30.9. The van der Waals surface area contributed by atoms with Gasteiger partial charge in [-0.15, -0.1) is 0 Å². The van der Waals surface area contributed by atoms with Crippen molar-refractivity contribution in [3.05, 3.63) is 41.3 Å². The smallest absolute Gasteiger partial charge is 0.349 e. The number of piperidine rings is 1. The molecule has 2 aromatic rings. The Bertz CT molecular complexity index is 1060. The molecule has 9 heteroatoms. The zero-order chi connectivity index (χ0) is 23.2. The van der Waals surface area contributed by atoms with Crippen LogP contribution in [-0.2, 0) is 29.0 Å². The van der Waals surface area contributed by atoms with E-state index in [4.69, 9.17) is 4.98 Å². The van der Waals surface area contributed by atoms with Crippen molar-refractivity contribution in [2.24, 2.45) is 5.92 Å². The van der Waals surface area contributed by atoms with Crippen molar-refractivity contribution in [1.82, 2.24) is 19.8 Å². The summed E-state index contributed by atoms with van der Waals surface area (Å²) in [5.41, 5.74) is 4.24. The number of aromatic nitrogens is 2. The maximum atomic E-state index is 13.0. The molecule has 0 spiro atoms. The zero-order valence-electron chi connectivity index (χ0n) is 18.3. The number of alkyl halides is 3. The van der Waals surface area contributed by atoms with E-state index in [1.807, 2.05) is 0 Å². The lowest BCUT2D eigenvalue weighted by Gasteiger charge is -2.33. The van der Waals surface area contributed by atoms with Crippen LogP contribution in [0, 0.1) is 5.92 Å². The number of carbonyl (C=O) groups excluding carboxylic acids is 2. The SMILES string of the molecule is O=C(NC1CCc2ccc(-c3cn4c(n3)CCC4)cc21)C1CCCN(C(=O)CC(F)(F)F)C1. The number of imidazole rings is 1. The van der Waals surface area contributed by atoms with Gasteiger partial charge in [0.15, 0.2) is 0 Å². The minimum atomic E-state index is -4.53. The molecule has 0 bridgehead atoms. The first-order valence-corrected chi connectivity index (χ1v) is 11.6. The number of benzene rings is 1. The topological polar surface area (TPSA) is 67.2 Å². The third-order valence-electron chi connectivity index (χ3n) is 6.99. The molecule has 2 amide bonds. The van der Waals surface area contributed by atoms with Gasteiger partial charge in [0.25, 0.3) is 0 Å². The van der Waals surface area contributed by atoms with Gasteiger partial charge in [-0.3, -0.25) is 9.59 Å². The Hall–Kier alpha value is -2.84. The van der Waals surface area contributed by atoms with Crippen molar-refractivity contribution >= 4 is 11.8 Å². The first-order chi connectivity index (χ1) is 15.8. The van der Waals surface area contributed by atoms with Gasteiger partial charge < -0.3 is 14.8 Å². The Balaban J connectivity index is 1.26. The molecule has 176 valence electrons. The largest absolute Gasteiger partial charge is 0.397 e. The molecule has 5 rings (SSSR count). The van der Waals surface area contributed by atoms with Crippen molar-refractivity contribution in [1.29, 1.82) is 0 Å². The normalized spacial score (nSPS) is 22.2. The molecule has 1 aromatic heterocycles. The molecule has 3 heterocycles. The third kappa shape index (κ3) is 4.63. The third-order valence-corrected chi connectivity index (χ3v) is 6.99. The van der Waals surface area contributed by atoms with E-state index < -0.39 is 24.4 Å². The number of amides is 2. The summed E-state index contributed by atoms with van der Waals surface area (Å²) in [5.74, 6) is -0.525. The van der Waals surface area contributed by atoms with E-state index in [2.05, 4.69) is 34.3 Å². The summed E-state index contributed by atoms with van der Waals surface area (Å²) in [6, 6.07) is 6.14. The van der Waals surface area contributed by atoms with Gasteiger partial charge in [0, 0.05) is 37.8 Å². The molecule has 1 aromatic carbocycles. The molecule has 1 aliphatic carbocycles. The maximum absolute atomic E-state index is 13.0. The summed E-state index contributed by atoms with van der Waals surface area (Å²) < 4.78 is 40.0. The van der Waals surface area contributed by atoms with Crippen LogP contribution in [0.15, 0.2) is 24.4 Å². The fraction of sp³-hybridized carbons (Fsp3) is 0.542. The van der Waals surface area contributed by atoms with Crippen molar-refractivity contribution in [2.45, 2.75) is 63.7 Å². The van der Waals surface area contributed by atoms with Gasteiger partial charge in [-0.1, -0.05) is 12.1 Å². The van der Waals surface area contributed by atoms with Crippen LogP contribution in [0.5, 0.6) is 0 Å². The number of fused-ring (bicyclic) bond motifs is 2. The van der Waals surface area contributed by atoms with E-state index in [-0.39, 0.29) is 25.0 Å². The Morgan fingerprint density at radius 2 is 1.97 bits per heavy atom. The minimum absolute atomic E-state index is 0.0422. The van der Waals surface area contributed by atoms with Crippen molar-refractivity contribution in [3.63, 3.8) is 0 Å². The highest BCUT2D eigenvalue weighted by atomic mass is 19.4. The minimum Gasteiger partial charge on any atom is -0.349 e. The number of hydrogen-bond donors (Lipinski definition) is 1. The van der Waals surface area contributed by atoms with E-state index in [0.29, 0.717) is 12.8 Å². The fourth-order valence-corrected chi connectivity index (χ4v) is 5.30. The number of carbonyl (C=O) groups is 2. The highest BCUT2D eigenvalue weighted by molar-refractivity contribution is 5.82. The molecular weight excluding hydrogens is 433 g/mol. The Morgan fingerprint density at radius 3 is 2.76 bits per heavy atom. The van der Waals surface area contributed by atoms with Crippen LogP contribution >= 0.6 is 0 Å². The summed E-state index contributed by atoms with van der Waals surface area (Å²) in [6.45, 7) is 1.30. The number of aryl methyl sites for hydroxylation is 3. The maximum Gasteiger partial charge on any atom is 0.397 e. The van der Waals surface area contributed by atoms with Crippen molar-refractivity contribution < 1.29 is 22.8 Å². The molecule has 6 nitrogen and oxygen atoms in total. The molecule has 33 heavy (non-hydrogen) atoms. The molecule has 2 unspecified atom stereocenters. The van der Waals surface area contributed by atoms with Crippen LogP contribution in [0.2, 0.25) is 0 Å². The van der Waals surface area contributed by atoms with Crippen molar-refractivity contribution in [2.75, 3.05) is 13.1 Å². The molecule has 1 fully saturated rings. The predicted octanol–water partition coefficient (Wildman–Crippen LogP) is 3.79. The van der Waals surface area contributed by atoms with E-state index in [1.54, 1.807) is 0 Å². The average molecular weight is 461 g/mol. The number of hydrogen-bond acceptors (Lipinski definition) is 3. The summed E-state index contributed by atoms with van der Waals surface area (Å²) >= 11 is 0. The molecule has 0 radical (unpaired) electrons. The van der Waals surface area contributed by atoms with Gasteiger partial charge in [0.05, 0.1) is 17.7 Å². The van der Waals surface area contributed by atoms with E-state index >= 15 is 0 Å². The monoisotopic (exact) mass is 460 g/mol. The van der Waals surface area contributed by atoms with Crippen LogP contribution in [-0.4, -0.2) is 45.5 Å². The molecule has 3 aliphatic rings. The number of likely N-dealkylation sites (tertiary alicyclic amines) is 1. The van der Waals surface area contributed by atoms with Gasteiger partial charge in [-0.2, -0.15) is 13.2 Å². The predicted molar refractivity (Wildman–Crippen MR) is 115 cm³/mol. The van der Waals surface area contributed by atoms with Crippen LogP contribution in [0.3, 0.4) is 0 Å². The number of nitrogens with one attached hydrogen (secondary N) is 1. The van der Waals surface area contributed by atoms with Crippen molar-refractivity contribution in [3.8, 4) is 11.3 Å². The van der Waals surface area contributed by atoms with E-state index in [0.717, 1.165) is 54.9 Å². The first-order valence-electron chi connectivity index (χ1n) is 11.6. The van der Waals surface area contributed by atoms with Crippen LogP contribution < -0.4 is 5.32 Å². The second-order valence-electron chi connectivity index (χ2n) is 9.32. The highest BCUT2D eigenvalue weighted by Crippen LogP contribution is 2.35. The standard InChI is InChI=1S/C24H27F3N4O2/c25-24(26,27)12-22(32)31-10-1-3-17(13-31)23(33)29-19-8-7-15-5-6-16(11-18(15)19)20-14-30-9-2-4-21(30)28-20/h5-6,11,14,17,19H,1-4,7-10,12-13H2,(H,29,33). The van der Waals surface area contributed by atoms with Crippen LogP contribution in [0.25, 0.3) is 11.3 Å². The quantitative estimate of drug-likeness (QED) is 0.755. The highest BCUT2D eigenvalue weighted by Gasteiger charge is 2.37. The van der Waals surface area contributed by atoms with E-state index in [9.17, 15) is 22.8 Å². The number of nitrogens with zero attached hydrogens (tertiary/aromatic N) is 3. The van der Waals surface area contributed by atoms with Gasteiger partial charge in [-0.25, -0.2) is 4.98 Å². The molecule has 2 aliphatic heterocycles. The number of halogens is 3. The summed E-state index contributed by atoms with van der Waals surface area (Å²) in [5, 5.41) is 3.11. The van der Waals surface area contributed by atoms with Crippen LogP contribution in [0.4, 0.5) is 13.2 Å². The molecule has 1 N–H and O–H groups in total. The summed E-state index contributed by atoms with van der Waals surface area (Å²) in [7, 11) is 0. The first kappa shape index (κ1) is 22.0. The van der Waals surface area contributed by atoms with Gasteiger partial charge in [0.2, 0.25) is 11.8 Å². The molecule has 2 atom stereocenters. The summed E-state index contributed by atoms with van der Waals surface area (Å²) in [6.07, 6.45) is 0.939. The Morgan fingerprint density at radius 1 is 1.12 bits per heavy atom. The lowest BCUT2D eigenvalue weighted by atomic mass is 9.95. The molecule has 1 saturated heterocycles. The lowest BCUT2D eigenvalue weighted by Crippen LogP contribution is -2.46. The Kier molecular flexibility index (Phi) is 5.66. The van der Waals surface area contributed by atoms with Gasteiger partial charge in [-0.05, 0) is 49.3 Å². The van der Waals surface area contributed by atoms with Gasteiger partial charge >= 0.3 is 6.18 Å². The lowest BCUT2D eigenvalue weighted by molar-refractivity contribution is -0.162. The van der Waals surface area contributed by atoms with Gasteiger partial charge in [0.1, 0.15) is 12.2 Å². The number of rotatable bonds is 4. The molecular formula is C24H27F3N4O2. The average Bonchev–Trinajstić information content (AvgIpc) is 3.47. The molecule has 0 saturated carbocycles. The fourth-order valence-electron chi connectivity index (χ4n) is 5.30. The van der Waals surface area contributed by atoms with Crippen LogP contribution in [0.1, 0.15) is 55.1 Å². The Labute approximate surface area is 190 Å². The zero-order valence-corrected chi connectivity index (χ0v) is 18.3. The second kappa shape index (κ2) is 8.50.